The van der Waals surface area contributed by atoms with E-state index in [1.807, 2.05) is 12.1 Å². The molecule has 3 aliphatic rings. The summed E-state index contributed by atoms with van der Waals surface area (Å²) < 4.78 is 50.5. The Morgan fingerprint density at radius 1 is 0.816 bits per heavy atom. The number of hydrogen-bond donors (Lipinski definition) is 0. The van der Waals surface area contributed by atoms with Crippen molar-refractivity contribution in [2.24, 2.45) is 17.8 Å². The summed E-state index contributed by atoms with van der Waals surface area (Å²) in [5.41, 5.74) is 2.49. The predicted octanol–water partition coefficient (Wildman–Crippen LogP) is 10.8. The van der Waals surface area contributed by atoms with Crippen LogP contribution in [0.25, 0.3) is 11.1 Å². The highest BCUT2D eigenvalue weighted by Crippen LogP contribution is 2.45. The summed E-state index contributed by atoms with van der Waals surface area (Å²) in [6, 6.07) is 9.77. The van der Waals surface area contributed by atoms with Crippen molar-refractivity contribution in [3.8, 4) is 16.9 Å². The molecule has 0 aromatic heterocycles. The lowest BCUT2D eigenvalue weighted by Gasteiger charge is -2.37. The highest BCUT2D eigenvalue weighted by atomic mass is 19.3. The van der Waals surface area contributed by atoms with Crippen LogP contribution in [0, 0.1) is 23.6 Å². The quantitative estimate of drug-likeness (QED) is 0.332. The van der Waals surface area contributed by atoms with Crippen LogP contribution in [0.4, 0.5) is 13.2 Å². The Labute approximate surface area is 227 Å². The molecule has 0 bridgehead atoms. The zero-order valence-corrected chi connectivity index (χ0v) is 23.3. The summed E-state index contributed by atoms with van der Waals surface area (Å²) >= 11 is 0. The van der Waals surface area contributed by atoms with E-state index in [-0.39, 0.29) is 11.9 Å². The molecule has 38 heavy (non-hydrogen) atoms. The summed E-state index contributed by atoms with van der Waals surface area (Å²) in [5.74, 6) is 1.80. The van der Waals surface area contributed by atoms with E-state index in [2.05, 4.69) is 26.0 Å². The Bertz CT molecular complexity index is 1050. The molecule has 1 unspecified atom stereocenters. The van der Waals surface area contributed by atoms with Crippen LogP contribution in [0.5, 0.6) is 5.75 Å². The molecule has 0 amide bonds. The Balaban J connectivity index is 1.33. The van der Waals surface area contributed by atoms with Crippen LogP contribution in [0.2, 0.25) is 0 Å². The largest absolute Gasteiger partial charge is 0.487 e. The summed E-state index contributed by atoms with van der Waals surface area (Å²) in [7, 11) is 0. The van der Waals surface area contributed by atoms with E-state index >= 15 is 4.39 Å². The van der Waals surface area contributed by atoms with Crippen molar-refractivity contribution in [3.05, 3.63) is 52.8 Å². The van der Waals surface area contributed by atoms with Crippen molar-refractivity contribution < 1.29 is 17.9 Å². The van der Waals surface area contributed by atoms with Gasteiger partial charge in [-0.3, -0.25) is 0 Å². The zero-order valence-electron chi connectivity index (χ0n) is 23.3. The minimum Gasteiger partial charge on any atom is -0.487 e. The third-order valence-electron chi connectivity index (χ3n) is 9.87. The second kappa shape index (κ2) is 12.5. The van der Waals surface area contributed by atoms with Gasteiger partial charge in [0.05, 0.1) is 5.56 Å². The number of rotatable bonds is 8. The third kappa shape index (κ3) is 5.94. The number of fused-ring (bicyclic) bond motifs is 1. The topological polar surface area (TPSA) is 9.23 Å². The van der Waals surface area contributed by atoms with Crippen LogP contribution < -0.4 is 4.74 Å². The first-order valence-corrected chi connectivity index (χ1v) is 15.4. The van der Waals surface area contributed by atoms with Gasteiger partial charge in [-0.15, -0.1) is 0 Å². The maximum atomic E-state index is 15.7. The second-order valence-electron chi connectivity index (χ2n) is 12.3. The van der Waals surface area contributed by atoms with Crippen LogP contribution in [-0.4, -0.2) is 6.10 Å². The van der Waals surface area contributed by atoms with E-state index in [1.54, 1.807) is 6.07 Å². The molecular formula is C34H45F3O. The lowest BCUT2D eigenvalue weighted by Crippen LogP contribution is -2.34. The van der Waals surface area contributed by atoms with Gasteiger partial charge in [0.25, 0.3) is 6.43 Å². The Morgan fingerprint density at radius 2 is 1.42 bits per heavy atom. The summed E-state index contributed by atoms with van der Waals surface area (Å²) in [4.78, 5) is 0. The fourth-order valence-electron chi connectivity index (χ4n) is 7.69. The van der Waals surface area contributed by atoms with Crippen LogP contribution in [-0.2, 0) is 6.42 Å². The van der Waals surface area contributed by atoms with Gasteiger partial charge in [0.2, 0.25) is 0 Å². The molecule has 1 heterocycles. The molecule has 0 saturated heterocycles. The van der Waals surface area contributed by atoms with Gasteiger partial charge in [-0.25, -0.2) is 13.2 Å². The molecule has 4 heteroatoms. The number of ether oxygens (including phenoxy) is 1. The first kappa shape index (κ1) is 27.6. The van der Waals surface area contributed by atoms with Crippen molar-refractivity contribution in [1.29, 1.82) is 0 Å². The van der Waals surface area contributed by atoms with E-state index in [0.717, 1.165) is 36.7 Å². The molecular weight excluding hydrogens is 481 g/mol. The molecule has 2 saturated carbocycles. The third-order valence-corrected chi connectivity index (χ3v) is 9.87. The number of aryl methyl sites for hydroxylation is 1. The van der Waals surface area contributed by atoms with Crippen LogP contribution in [0.3, 0.4) is 0 Å². The standard InChI is InChI=1S/C34H45F3O/c1-3-5-22-7-11-24(12-8-22)25-15-17-26(18-16-25)29-21-28-19-20-30(27-13-9-23(6-4-2)10-14-27)38-33(28)32(35)31(29)34(36)37/h15-18,21-24,27,30,34H,3-14,19-20H2,1-2H3. The zero-order chi connectivity index (χ0) is 26.6. The van der Waals surface area contributed by atoms with Crippen LogP contribution >= 0.6 is 0 Å². The SMILES string of the molecule is CCCC1CCC(c2ccc(-c3cc4c(c(F)c3C(F)F)OC(C3CCC(CCC)CC3)CC4)cc2)CC1. The van der Waals surface area contributed by atoms with Crippen molar-refractivity contribution in [2.45, 2.75) is 122 Å². The smallest absolute Gasteiger partial charge is 0.267 e. The minimum absolute atomic E-state index is 0.0670. The molecule has 1 nitrogen and oxygen atoms in total. The first-order chi connectivity index (χ1) is 18.5. The second-order valence-corrected chi connectivity index (χ2v) is 12.3. The van der Waals surface area contributed by atoms with Crippen molar-refractivity contribution >= 4 is 0 Å². The van der Waals surface area contributed by atoms with Gasteiger partial charge in [-0.2, -0.15) is 0 Å². The lowest BCUT2D eigenvalue weighted by molar-refractivity contribution is 0.0702. The molecule has 1 atom stereocenters. The maximum absolute atomic E-state index is 15.7. The van der Waals surface area contributed by atoms with Gasteiger partial charge in [-0.05, 0) is 103 Å². The van der Waals surface area contributed by atoms with E-state index in [1.165, 1.54) is 69.8 Å². The van der Waals surface area contributed by atoms with Gasteiger partial charge in [0.15, 0.2) is 11.6 Å². The Morgan fingerprint density at radius 3 is 2.00 bits per heavy atom. The lowest BCUT2D eigenvalue weighted by atomic mass is 9.76. The molecule has 2 aromatic rings. The number of hydrogen-bond acceptors (Lipinski definition) is 1. The number of alkyl halides is 2. The van der Waals surface area contributed by atoms with Gasteiger partial charge in [-0.1, -0.05) is 76.6 Å². The minimum atomic E-state index is -2.89. The van der Waals surface area contributed by atoms with E-state index in [4.69, 9.17) is 4.74 Å². The van der Waals surface area contributed by atoms with Crippen LogP contribution in [0.15, 0.2) is 30.3 Å². The van der Waals surface area contributed by atoms with Gasteiger partial charge in [0, 0.05) is 0 Å². The monoisotopic (exact) mass is 526 g/mol. The van der Waals surface area contributed by atoms with Crippen LogP contribution in [0.1, 0.15) is 126 Å². The molecule has 208 valence electrons. The fourth-order valence-corrected chi connectivity index (χ4v) is 7.69. The first-order valence-electron chi connectivity index (χ1n) is 15.4. The molecule has 2 aromatic carbocycles. The van der Waals surface area contributed by atoms with Crippen molar-refractivity contribution in [3.63, 3.8) is 0 Å². The van der Waals surface area contributed by atoms with Gasteiger partial charge < -0.3 is 4.74 Å². The molecule has 1 aliphatic heterocycles. The van der Waals surface area contributed by atoms with E-state index in [0.29, 0.717) is 29.4 Å². The average Bonchev–Trinajstić information content (AvgIpc) is 2.94. The summed E-state index contributed by atoms with van der Waals surface area (Å²) in [6.07, 6.45) is 13.1. The maximum Gasteiger partial charge on any atom is 0.267 e. The normalized spacial score (nSPS) is 27.7. The molecule has 5 rings (SSSR count). The highest BCUT2D eigenvalue weighted by Gasteiger charge is 2.35. The highest BCUT2D eigenvalue weighted by molar-refractivity contribution is 5.71. The number of halogens is 3. The Kier molecular flexibility index (Phi) is 9.06. The fraction of sp³-hybridized carbons (Fsp3) is 0.647. The van der Waals surface area contributed by atoms with Crippen molar-refractivity contribution in [2.75, 3.05) is 0 Å². The van der Waals surface area contributed by atoms with Gasteiger partial charge in [0.1, 0.15) is 6.10 Å². The van der Waals surface area contributed by atoms with Crippen molar-refractivity contribution in [1.82, 2.24) is 0 Å². The van der Waals surface area contributed by atoms with E-state index < -0.39 is 17.8 Å². The Hall–Kier alpha value is -1.97. The molecule has 2 fully saturated rings. The average molecular weight is 527 g/mol. The van der Waals surface area contributed by atoms with E-state index in [9.17, 15) is 8.78 Å². The summed E-state index contributed by atoms with van der Waals surface area (Å²) in [5, 5.41) is 0. The predicted molar refractivity (Wildman–Crippen MR) is 149 cm³/mol. The molecule has 0 spiro atoms. The summed E-state index contributed by atoms with van der Waals surface area (Å²) in [6.45, 7) is 4.49. The number of benzene rings is 2. The molecule has 0 N–H and O–H groups in total. The molecule has 0 radical (unpaired) electrons. The van der Waals surface area contributed by atoms with Gasteiger partial charge >= 0.3 is 0 Å². The molecule has 2 aliphatic carbocycles.